The molecule has 1 N–H and O–H groups in total. The first kappa shape index (κ1) is 21.4. The number of methoxy groups -OCH3 is 1. The molecule has 2 fully saturated rings. The zero-order valence-corrected chi connectivity index (χ0v) is 19.0. The van der Waals surface area contributed by atoms with Crippen molar-refractivity contribution in [1.29, 1.82) is 0 Å². The number of benzene rings is 2. The van der Waals surface area contributed by atoms with Gasteiger partial charge in [0.1, 0.15) is 11.5 Å². The lowest BCUT2D eigenvalue weighted by Gasteiger charge is -2.29. The fourth-order valence-electron chi connectivity index (χ4n) is 4.69. The molecule has 1 aliphatic carbocycles. The van der Waals surface area contributed by atoms with E-state index in [1.165, 1.54) is 34.9 Å². The van der Waals surface area contributed by atoms with Crippen LogP contribution in [-0.2, 0) is 19.5 Å². The Labute approximate surface area is 190 Å². The molecule has 1 saturated heterocycles. The molecule has 2 aromatic carbocycles. The van der Waals surface area contributed by atoms with Gasteiger partial charge in [-0.2, -0.15) is 0 Å². The second-order valence-electron chi connectivity index (χ2n) is 9.38. The molecule has 32 heavy (non-hydrogen) atoms. The molecular weight excluding hydrogens is 400 g/mol. The molecule has 1 aromatic heterocycles. The Hall–Kier alpha value is -2.50. The molecule has 5 heteroatoms. The molecular formula is C27H34N2O3. The summed E-state index contributed by atoms with van der Waals surface area (Å²) in [5.41, 5.74) is 3.93. The van der Waals surface area contributed by atoms with Crippen LogP contribution in [0.5, 0.6) is 11.5 Å². The Balaban J connectivity index is 1.30. The first-order chi connectivity index (χ1) is 15.7. The van der Waals surface area contributed by atoms with E-state index in [1.54, 1.807) is 7.11 Å². The minimum absolute atomic E-state index is 0.131. The highest BCUT2D eigenvalue weighted by Gasteiger charge is 2.24. The summed E-state index contributed by atoms with van der Waals surface area (Å²) in [6, 6.07) is 14.7. The zero-order valence-electron chi connectivity index (χ0n) is 19.0. The second kappa shape index (κ2) is 9.55. The van der Waals surface area contributed by atoms with E-state index in [0.29, 0.717) is 6.61 Å². The van der Waals surface area contributed by atoms with E-state index >= 15 is 0 Å². The molecule has 3 aromatic rings. The van der Waals surface area contributed by atoms with Gasteiger partial charge in [0, 0.05) is 49.7 Å². The van der Waals surface area contributed by atoms with Gasteiger partial charge in [0.25, 0.3) is 0 Å². The lowest BCUT2D eigenvalue weighted by Crippen LogP contribution is -2.35. The van der Waals surface area contributed by atoms with Crippen molar-refractivity contribution in [3.05, 3.63) is 59.8 Å². The van der Waals surface area contributed by atoms with E-state index in [9.17, 15) is 5.11 Å². The Morgan fingerprint density at radius 1 is 0.969 bits per heavy atom. The van der Waals surface area contributed by atoms with Gasteiger partial charge in [-0.15, -0.1) is 0 Å². The Kier molecular flexibility index (Phi) is 6.37. The highest BCUT2D eigenvalue weighted by Crippen LogP contribution is 2.34. The highest BCUT2D eigenvalue weighted by atomic mass is 16.5. The third kappa shape index (κ3) is 5.11. The van der Waals surface area contributed by atoms with Crippen molar-refractivity contribution in [2.45, 2.75) is 51.3 Å². The van der Waals surface area contributed by atoms with Gasteiger partial charge in [-0.1, -0.05) is 12.1 Å². The molecule has 1 saturated carbocycles. The Morgan fingerprint density at radius 2 is 1.72 bits per heavy atom. The van der Waals surface area contributed by atoms with Gasteiger partial charge < -0.3 is 19.1 Å². The molecule has 0 bridgehead atoms. The van der Waals surface area contributed by atoms with E-state index in [1.807, 2.05) is 12.1 Å². The monoisotopic (exact) mass is 434 g/mol. The number of aliphatic hydroxyl groups excluding tert-OH is 1. The quantitative estimate of drug-likeness (QED) is 0.533. The Bertz CT molecular complexity index is 1030. The van der Waals surface area contributed by atoms with Crippen LogP contribution in [0, 0.1) is 5.92 Å². The lowest BCUT2D eigenvalue weighted by molar-refractivity contribution is 0.0794. The van der Waals surface area contributed by atoms with Crippen LogP contribution in [0.15, 0.2) is 48.7 Å². The van der Waals surface area contributed by atoms with Crippen molar-refractivity contribution < 1.29 is 14.6 Å². The summed E-state index contributed by atoms with van der Waals surface area (Å²) in [6.45, 7) is 4.64. The van der Waals surface area contributed by atoms with E-state index in [-0.39, 0.29) is 6.10 Å². The van der Waals surface area contributed by atoms with Gasteiger partial charge in [0.15, 0.2) is 0 Å². The van der Waals surface area contributed by atoms with Crippen LogP contribution in [0.2, 0.25) is 0 Å². The van der Waals surface area contributed by atoms with Crippen LogP contribution in [-0.4, -0.2) is 47.5 Å². The summed E-state index contributed by atoms with van der Waals surface area (Å²) in [5.74, 6) is 2.65. The SMILES string of the molecule is COc1ccc(CCOc2ccc3c(c2)c(CN2CCC(O)CC2)cn3CC2CC2)cc1. The number of hydrogen-bond donors (Lipinski definition) is 1. The summed E-state index contributed by atoms with van der Waals surface area (Å²) in [6.07, 6.45) is 7.55. The van der Waals surface area contributed by atoms with Gasteiger partial charge in [0.2, 0.25) is 0 Å². The molecule has 5 nitrogen and oxygen atoms in total. The largest absolute Gasteiger partial charge is 0.497 e. The predicted octanol–water partition coefficient (Wildman–Crippen LogP) is 4.64. The molecule has 0 amide bonds. The maximum atomic E-state index is 9.85. The standard InChI is InChI=1S/C27H34N2O3/c1-31-24-6-4-20(5-7-24)12-15-32-25-8-9-27-26(16-25)22(19-29(27)17-21-2-3-21)18-28-13-10-23(30)11-14-28/h4-9,16,19,21,23,30H,2-3,10-15,17-18H2,1H3. The van der Waals surface area contributed by atoms with E-state index in [0.717, 1.165) is 62.9 Å². The van der Waals surface area contributed by atoms with Crippen LogP contribution >= 0.6 is 0 Å². The number of nitrogens with zero attached hydrogens (tertiary/aromatic N) is 2. The summed E-state index contributed by atoms with van der Waals surface area (Å²) in [4.78, 5) is 2.47. The molecule has 2 heterocycles. The minimum Gasteiger partial charge on any atom is -0.497 e. The number of ether oxygens (including phenoxy) is 2. The van der Waals surface area contributed by atoms with Crippen molar-refractivity contribution in [3.8, 4) is 11.5 Å². The van der Waals surface area contributed by atoms with E-state index in [2.05, 4.69) is 46.0 Å². The van der Waals surface area contributed by atoms with Crippen molar-refractivity contribution in [1.82, 2.24) is 9.47 Å². The average Bonchev–Trinajstić information content (AvgIpc) is 3.58. The second-order valence-corrected chi connectivity index (χ2v) is 9.38. The maximum Gasteiger partial charge on any atom is 0.120 e. The molecule has 0 spiro atoms. The van der Waals surface area contributed by atoms with Crippen molar-refractivity contribution in [2.24, 2.45) is 5.92 Å². The maximum absolute atomic E-state index is 9.85. The van der Waals surface area contributed by atoms with E-state index in [4.69, 9.17) is 9.47 Å². The number of fused-ring (bicyclic) bond motifs is 1. The van der Waals surface area contributed by atoms with Crippen LogP contribution in [0.3, 0.4) is 0 Å². The summed E-state index contributed by atoms with van der Waals surface area (Å²) < 4.78 is 13.8. The van der Waals surface area contributed by atoms with Crippen LogP contribution in [0.25, 0.3) is 10.9 Å². The van der Waals surface area contributed by atoms with Gasteiger partial charge in [-0.05, 0) is 73.1 Å². The third-order valence-electron chi connectivity index (χ3n) is 6.86. The summed E-state index contributed by atoms with van der Waals surface area (Å²) in [7, 11) is 1.69. The average molecular weight is 435 g/mol. The minimum atomic E-state index is -0.131. The normalized spacial score (nSPS) is 17.7. The molecule has 0 atom stereocenters. The van der Waals surface area contributed by atoms with Crippen LogP contribution < -0.4 is 9.47 Å². The van der Waals surface area contributed by atoms with Gasteiger partial charge in [-0.25, -0.2) is 0 Å². The number of aromatic nitrogens is 1. The fraction of sp³-hybridized carbons (Fsp3) is 0.481. The van der Waals surface area contributed by atoms with Gasteiger partial charge in [0.05, 0.1) is 19.8 Å². The molecule has 0 unspecified atom stereocenters. The van der Waals surface area contributed by atoms with Crippen LogP contribution in [0.1, 0.15) is 36.8 Å². The van der Waals surface area contributed by atoms with Gasteiger partial charge >= 0.3 is 0 Å². The molecule has 170 valence electrons. The fourth-order valence-corrected chi connectivity index (χ4v) is 4.69. The van der Waals surface area contributed by atoms with E-state index < -0.39 is 0 Å². The number of piperidine rings is 1. The van der Waals surface area contributed by atoms with Gasteiger partial charge in [-0.3, -0.25) is 4.90 Å². The topological polar surface area (TPSA) is 46.9 Å². The number of rotatable bonds is 9. The number of aliphatic hydroxyl groups is 1. The lowest BCUT2D eigenvalue weighted by atomic mass is 10.1. The van der Waals surface area contributed by atoms with Crippen molar-refractivity contribution in [3.63, 3.8) is 0 Å². The molecule has 2 aliphatic rings. The summed E-state index contributed by atoms with van der Waals surface area (Å²) in [5, 5.41) is 11.2. The highest BCUT2D eigenvalue weighted by molar-refractivity contribution is 5.85. The van der Waals surface area contributed by atoms with Crippen LogP contribution in [0.4, 0.5) is 0 Å². The Morgan fingerprint density at radius 3 is 2.44 bits per heavy atom. The first-order valence-corrected chi connectivity index (χ1v) is 12.0. The zero-order chi connectivity index (χ0) is 21.9. The third-order valence-corrected chi connectivity index (χ3v) is 6.86. The molecule has 0 radical (unpaired) electrons. The smallest absolute Gasteiger partial charge is 0.120 e. The summed E-state index contributed by atoms with van der Waals surface area (Å²) >= 11 is 0. The van der Waals surface area contributed by atoms with Crippen molar-refractivity contribution >= 4 is 10.9 Å². The van der Waals surface area contributed by atoms with Crippen molar-refractivity contribution in [2.75, 3.05) is 26.8 Å². The predicted molar refractivity (Wildman–Crippen MR) is 127 cm³/mol. The molecule has 5 rings (SSSR count). The number of likely N-dealkylation sites (tertiary alicyclic amines) is 1. The molecule has 1 aliphatic heterocycles. The first-order valence-electron chi connectivity index (χ1n) is 12.0. The number of hydrogen-bond acceptors (Lipinski definition) is 4.